The molecule has 0 saturated carbocycles. The number of hydrogen-bond acceptors (Lipinski definition) is 2. The Bertz CT molecular complexity index is 415. The predicted molar refractivity (Wildman–Crippen MR) is 88.9 cm³/mol. The molecule has 0 radical (unpaired) electrons. The highest BCUT2D eigenvalue weighted by atomic mass is 32.1. The first kappa shape index (κ1) is 16.0. The number of unbranched alkanes of at least 4 members (excludes halogenated alkanes) is 1. The Morgan fingerprint density at radius 1 is 1.26 bits per heavy atom. The third-order valence-corrected chi connectivity index (χ3v) is 3.56. The highest BCUT2D eigenvalue weighted by Gasteiger charge is 2.11. The molecule has 0 aromatic heterocycles. The van der Waals surface area contributed by atoms with Crippen molar-refractivity contribution in [3.8, 4) is 0 Å². The molecule has 0 fully saturated rings. The number of hydrogen-bond donors (Lipinski definition) is 2. The molecule has 2 nitrogen and oxygen atoms in total. The van der Waals surface area contributed by atoms with E-state index in [2.05, 4.69) is 38.2 Å². The molecule has 0 amide bonds. The molecule has 0 spiro atoms. The second-order valence-electron chi connectivity index (χ2n) is 5.19. The largest absolute Gasteiger partial charge is 0.389 e. The normalized spacial score (nSPS) is 12.2. The van der Waals surface area contributed by atoms with E-state index in [1.807, 2.05) is 6.07 Å². The van der Waals surface area contributed by atoms with Gasteiger partial charge in [0.25, 0.3) is 0 Å². The van der Waals surface area contributed by atoms with Crippen molar-refractivity contribution in [1.29, 1.82) is 0 Å². The van der Waals surface area contributed by atoms with Gasteiger partial charge in [0.1, 0.15) is 4.99 Å². The quantitative estimate of drug-likeness (QED) is 0.692. The summed E-state index contributed by atoms with van der Waals surface area (Å²) in [6.07, 6.45) is 6.07. The van der Waals surface area contributed by atoms with Crippen LogP contribution in [0.5, 0.6) is 0 Å². The van der Waals surface area contributed by atoms with E-state index in [1.165, 1.54) is 37.7 Å². The lowest BCUT2D eigenvalue weighted by molar-refractivity contribution is 0.564. The van der Waals surface area contributed by atoms with Gasteiger partial charge in [-0.2, -0.15) is 0 Å². The molecule has 0 aliphatic carbocycles. The minimum Gasteiger partial charge on any atom is -0.389 e. The van der Waals surface area contributed by atoms with E-state index >= 15 is 0 Å². The molecule has 0 aliphatic rings. The maximum Gasteiger partial charge on any atom is 0.106 e. The van der Waals surface area contributed by atoms with Gasteiger partial charge in [0.15, 0.2) is 0 Å². The number of aryl methyl sites for hydroxylation is 1. The molecule has 3 N–H and O–H groups in total. The lowest BCUT2D eigenvalue weighted by Gasteiger charge is -2.21. The van der Waals surface area contributed by atoms with E-state index in [0.717, 1.165) is 11.3 Å². The van der Waals surface area contributed by atoms with Gasteiger partial charge in [-0.1, -0.05) is 51.4 Å². The monoisotopic (exact) mass is 278 g/mol. The minimum atomic E-state index is 0.466. The van der Waals surface area contributed by atoms with E-state index in [-0.39, 0.29) is 0 Å². The van der Waals surface area contributed by atoms with Gasteiger partial charge in [-0.25, -0.2) is 0 Å². The van der Waals surface area contributed by atoms with Crippen LogP contribution in [0.15, 0.2) is 18.2 Å². The van der Waals surface area contributed by atoms with E-state index in [0.29, 0.717) is 11.0 Å². The summed E-state index contributed by atoms with van der Waals surface area (Å²) >= 11 is 5.14. The standard InChI is InChI=1S/C16H26N2S/c1-4-6-8-13(7-5-2)18-15-11-12(3)9-10-14(15)16(17)19/h9-11,13,18H,4-8H2,1-3H3,(H2,17,19). The van der Waals surface area contributed by atoms with Gasteiger partial charge >= 0.3 is 0 Å². The Kier molecular flexibility index (Phi) is 6.85. The van der Waals surface area contributed by atoms with Crippen LogP contribution < -0.4 is 11.1 Å². The van der Waals surface area contributed by atoms with Gasteiger partial charge in [0.2, 0.25) is 0 Å². The van der Waals surface area contributed by atoms with E-state index in [4.69, 9.17) is 18.0 Å². The van der Waals surface area contributed by atoms with Gasteiger partial charge in [0.05, 0.1) is 0 Å². The topological polar surface area (TPSA) is 38.0 Å². The van der Waals surface area contributed by atoms with Crippen molar-refractivity contribution in [2.24, 2.45) is 5.73 Å². The molecular formula is C16H26N2S. The minimum absolute atomic E-state index is 0.466. The fourth-order valence-corrected chi connectivity index (χ4v) is 2.48. The summed E-state index contributed by atoms with van der Waals surface area (Å²) in [6.45, 7) is 6.55. The van der Waals surface area contributed by atoms with Crippen molar-refractivity contribution < 1.29 is 0 Å². The Balaban J connectivity index is 2.87. The number of anilines is 1. The summed E-state index contributed by atoms with van der Waals surface area (Å²) in [6, 6.07) is 6.73. The first-order chi connectivity index (χ1) is 9.08. The summed E-state index contributed by atoms with van der Waals surface area (Å²) in [7, 11) is 0. The first-order valence-corrected chi connectivity index (χ1v) is 7.66. The Hall–Kier alpha value is -1.09. The van der Waals surface area contributed by atoms with Gasteiger partial charge < -0.3 is 11.1 Å². The zero-order chi connectivity index (χ0) is 14.3. The predicted octanol–water partition coefficient (Wildman–Crippen LogP) is 4.40. The van der Waals surface area contributed by atoms with Gasteiger partial charge in [-0.05, 0) is 37.5 Å². The molecule has 3 heteroatoms. The number of benzene rings is 1. The van der Waals surface area contributed by atoms with Crippen LogP contribution in [0.3, 0.4) is 0 Å². The highest BCUT2D eigenvalue weighted by molar-refractivity contribution is 7.80. The van der Waals surface area contributed by atoms with Crippen LogP contribution in [-0.4, -0.2) is 11.0 Å². The van der Waals surface area contributed by atoms with Crippen molar-refractivity contribution >= 4 is 22.9 Å². The molecule has 1 unspecified atom stereocenters. The van der Waals surface area contributed by atoms with Crippen molar-refractivity contribution in [3.05, 3.63) is 29.3 Å². The fourth-order valence-electron chi connectivity index (χ4n) is 2.30. The number of nitrogens with two attached hydrogens (primary N) is 1. The summed E-state index contributed by atoms with van der Waals surface area (Å²) in [5.74, 6) is 0. The Morgan fingerprint density at radius 3 is 2.58 bits per heavy atom. The molecule has 0 bridgehead atoms. The van der Waals surface area contributed by atoms with Gasteiger partial charge in [0, 0.05) is 17.3 Å². The summed E-state index contributed by atoms with van der Waals surface area (Å²) in [5.41, 5.74) is 9.08. The molecule has 0 heterocycles. The molecule has 106 valence electrons. The first-order valence-electron chi connectivity index (χ1n) is 7.25. The molecule has 1 aromatic carbocycles. The second-order valence-corrected chi connectivity index (χ2v) is 5.63. The third kappa shape index (κ3) is 5.19. The van der Waals surface area contributed by atoms with Crippen molar-refractivity contribution in [2.75, 3.05) is 5.32 Å². The number of rotatable bonds is 8. The van der Waals surface area contributed by atoms with Crippen LogP contribution in [0, 0.1) is 6.92 Å². The number of thiocarbonyl (C=S) groups is 1. The average molecular weight is 278 g/mol. The van der Waals surface area contributed by atoms with Crippen LogP contribution in [0.1, 0.15) is 57.1 Å². The maximum atomic E-state index is 5.81. The van der Waals surface area contributed by atoms with Crippen molar-refractivity contribution in [2.45, 2.75) is 58.9 Å². The Morgan fingerprint density at radius 2 is 2.00 bits per heavy atom. The van der Waals surface area contributed by atoms with Crippen LogP contribution in [-0.2, 0) is 0 Å². The smallest absolute Gasteiger partial charge is 0.106 e. The summed E-state index contributed by atoms with van der Waals surface area (Å²) in [4.78, 5) is 0.466. The van der Waals surface area contributed by atoms with Crippen molar-refractivity contribution in [1.82, 2.24) is 0 Å². The summed E-state index contributed by atoms with van der Waals surface area (Å²) in [5, 5.41) is 3.64. The van der Waals surface area contributed by atoms with E-state index < -0.39 is 0 Å². The molecule has 19 heavy (non-hydrogen) atoms. The van der Waals surface area contributed by atoms with Crippen LogP contribution in [0.2, 0.25) is 0 Å². The molecule has 1 aromatic rings. The van der Waals surface area contributed by atoms with Crippen LogP contribution in [0.25, 0.3) is 0 Å². The molecule has 0 saturated heterocycles. The summed E-state index contributed by atoms with van der Waals surface area (Å²) < 4.78 is 0. The zero-order valence-corrected chi connectivity index (χ0v) is 13.1. The molecule has 0 aliphatic heterocycles. The van der Waals surface area contributed by atoms with Crippen molar-refractivity contribution in [3.63, 3.8) is 0 Å². The number of nitrogens with one attached hydrogen (secondary N) is 1. The van der Waals surface area contributed by atoms with E-state index in [9.17, 15) is 0 Å². The SMILES string of the molecule is CCCCC(CCC)Nc1cc(C)ccc1C(N)=S. The lowest BCUT2D eigenvalue weighted by atomic mass is 10.0. The fraction of sp³-hybridized carbons (Fsp3) is 0.562. The van der Waals surface area contributed by atoms with Crippen LogP contribution >= 0.6 is 12.2 Å². The maximum absolute atomic E-state index is 5.81. The van der Waals surface area contributed by atoms with E-state index in [1.54, 1.807) is 0 Å². The molecule has 1 atom stereocenters. The van der Waals surface area contributed by atoms with Gasteiger partial charge in [-0.15, -0.1) is 0 Å². The van der Waals surface area contributed by atoms with Gasteiger partial charge in [-0.3, -0.25) is 0 Å². The highest BCUT2D eigenvalue weighted by Crippen LogP contribution is 2.21. The lowest BCUT2D eigenvalue weighted by Crippen LogP contribution is -2.22. The Labute approximate surface area is 122 Å². The average Bonchev–Trinajstić information content (AvgIpc) is 2.36. The third-order valence-electron chi connectivity index (χ3n) is 3.34. The second kappa shape index (κ2) is 8.16. The van der Waals surface area contributed by atoms with Crippen LogP contribution in [0.4, 0.5) is 5.69 Å². The molecule has 1 rings (SSSR count). The molecular weight excluding hydrogens is 252 g/mol. The zero-order valence-electron chi connectivity index (χ0n) is 12.3.